The van der Waals surface area contributed by atoms with Gasteiger partial charge in [0.15, 0.2) is 5.17 Å². The van der Waals surface area contributed by atoms with Gasteiger partial charge >= 0.3 is 0 Å². The van der Waals surface area contributed by atoms with Crippen molar-refractivity contribution >= 4 is 40.3 Å². The lowest BCUT2D eigenvalue weighted by atomic mass is 10.1. The van der Waals surface area contributed by atoms with Crippen molar-refractivity contribution in [3.05, 3.63) is 29.8 Å². The minimum atomic E-state index is -0.468. The van der Waals surface area contributed by atoms with Crippen LogP contribution in [0.3, 0.4) is 0 Å². The van der Waals surface area contributed by atoms with Gasteiger partial charge in [0.25, 0.3) is 11.8 Å². The molecular weight excluding hydrogens is 416 g/mol. The molecule has 0 saturated carbocycles. The number of hydrogen-bond donors (Lipinski definition) is 2. The number of carbonyl (C=O) groups is 3. The van der Waals surface area contributed by atoms with Crippen molar-refractivity contribution in [2.75, 3.05) is 31.6 Å². The Morgan fingerprint density at radius 2 is 1.94 bits per heavy atom. The van der Waals surface area contributed by atoms with Gasteiger partial charge in [-0.3, -0.25) is 14.4 Å². The number of nitrogens with one attached hydrogen (secondary N) is 2. The van der Waals surface area contributed by atoms with Crippen LogP contribution in [0.15, 0.2) is 29.3 Å². The lowest BCUT2D eigenvalue weighted by Crippen LogP contribution is -2.27. The molecule has 3 amide bonds. The lowest BCUT2D eigenvalue weighted by molar-refractivity contribution is -0.121. The van der Waals surface area contributed by atoms with E-state index in [4.69, 9.17) is 4.74 Å². The summed E-state index contributed by atoms with van der Waals surface area (Å²) in [7, 11) is 0. The second-order valence-corrected chi connectivity index (χ2v) is 9.21. The molecule has 0 aliphatic carbocycles. The Kier molecular flexibility index (Phi) is 7.24. The third-order valence-electron chi connectivity index (χ3n) is 5.68. The molecule has 31 heavy (non-hydrogen) atoms. The summed E-state index contributed by atoms with van der Waals surface area (Å²) in [5.74, 6) is -0.620. The molecule has 2 N–H and O–H groups in total. The molecule has 0 aromatic heterocycles. The fourth-order valence-electron chi connectivity index (χ4n) is 3.96. The van der Waals surface area contributed by atoms with Crippen molar-refractivity contribution in [3.63, 3.8) is 0 Å². The lowest BCUT2D eigenvalue weighted by Gasteiger charge is -2.16. The standard InChI is InChI=1S/C22H28N4O4S/c27-19(14-18-21(29)25-22(31-18)26-11-1-2-12-26)24-16-7-5-15(6-8-16)20(28)23-10-9-17-4-3-13-30-17/h5-8,17-18H,1-4,9-14H2,(H,23,28)(H,24,27). The van der Waals surface area contributed by atoms with Crippen LogP contribution in [0.5, 0.6) is 0 Å². The van der Waals surface area contributed by atoms with E-state index in [1.54, 1.807) is 24.3 Å². The maximum atomic E-state index is 12.4. The summed E-state index contributed by atoms with van der Waals surface area (Å²) >= 11 is 1.38. The second kappa shape index (κ2) is 10.3. The van der Waals surface area contributed by atoms with Gasteiger partial charge < -0.3 is 20.3 Å². The largest absolute Gasteiger partial charge is 0.378 e. The van der Waals surface area contributed by atoms with E-state index in [0.717, 1.165) is 57.0 Å². The van der Waals surface area contributed by atoms with E-state index < -0.39 is 5.25 Å². The van der Waals surface area contributed by atoms with Crippen LogP contribution in [0.1, 0.15) is 48.9 Å². The molecular formula is C22H28N4O4S. The number of aliphatic imine (C=N–C) groups is 1. The summed E-state index contributed by atoms with van der Waals surface area (Å²) in [5.41, 5.74) is 1.13. The number of amides is 3. The minimum Gasteiger partial charge on any atom is -0.378 e. The Morgan fingerprint density at radius 1 is 1.16 bits per heavy atom. The van der Waals surface area contributed by atoms with Gasteiger partial charge in [-0.1, -0.05) is 11.8 Å². The molecule has 4 rings (SSSR count). The van der Waals surface area contributed by atoms with Gasteiger partial charge in [-0.2, -0.15) is 4.99 Å². The zero-order chi connectivity index (χ0) is 21.6. The highest BCUT2D eigenvalue weighted by Gasteiger charge is 2.33. The average Bonchev–Trinajstić information content (AvgIpc) is 3.52. The average molecular weight is 445 g/mol. The van der Waals surface area contributed by atoms with Gasteiger partial charge in [0.2, 0.25) is 5.91 Å². The smallest absolute Gasteiger partial charge is 0.262 e. The van der Waals surface area contributed by atoms with Crippen LogP contribution in [0.2, 0.25) is 0 Å². The fourth-order valence-corrected chi connectivity index (χ4v) is 5.08. The summed E-state index contributed by atoms with van der Waals surface area (Å²) in [4.78, 5) is 43.1. The first-order valence-electron chi connectivity index (χ1n) is 10.9. The number of amidine groups is 1. The summed E-state index contributed by atoms with van der Waals surface area (Å²) < 4.78 is 5.56. The van der Waals surface area contributed by atoms with Crippen molar-refractivity contribution in [1.29, 1.82) is 0 Å². The van der Waals surface area contributed by atoms with Gasteiger partial charge in [-0.15, -0.1) is 0 Å². The molecule has 3 aliphatic heterocycles. The Hall–Kier alpha value is -2.39. The van der Waals surface area contributed by atoms with Crippen molar-refractivity contribution in [2.45, 2.75) is 49.9 Å². The maximum absolute atomic E-state index is 12.4. The van der Waals surface area contributed by atoms with E-state index >= 15 is 0 Å². The molecule has 2 saturated heterocycles. The van der Waals surface area contributed by atoms with E-state index in [9.17, 15) is 14.4 Å². The van der Waals surface area contributed by atoms with Crippen LogP contribution < -0.4 is 10.6 Å². The van der Waals surface area contributed by atoms with E-state index in [1.807, 2.05) is 0 Å². The molecule has 2 atom stereocenters. The molecule has 0 radical (unpaired) electrons. The van der Waals surface area contributed by atoms with E-state index in [-0.39, 0.29) is 30.2 Å². The van der Waals surface area contributed by atoms with Crippen LogP contribution in [0.25, 0.3) is 0 Å². The number of nitrogens with zero attached hydrogens (tertiary/aromatic N) is 2. The van der Waals surface area contributed by atoms with E-state index in [1.165, 1.54) is 11.8 Å². The fraction of sp³-hybridized carbons (Fsp3) is 0.545. The Morgan fingerprint density at radius 3 is 2.65 bits per heavy atom. The van der Waals surface area contributed by atoms with Crippen LogP contribution in [-0.4, -0.2) is 65.4 Å². The molecule has 9 heteroatoms. The van der Waals surface area contributed by atoms with Gasteiger partial charge in [-0.05, 0) is 56.4 Å². The molecule has 2 unspecified atom stereocenters. The van der Waals surface area contributed by atoms with Crippen LogP contribution in [0.4, 0.5) is 5.69 Å². The van der Waals surface area contributed by atoms with Gasteiger partial charge in [0, 0.05) is 43.9 Å². The Labute approximate surface area is 186 Å². The molecule has 1 aromatic carbocycles. The van der Waals surface area contributed by atoms with Gasteiger partial charge in [0.05, 0.1) is 6.10 Å². The SMILES string of the molecule is O=C(CC1SC(N2CCCC2)=NC1=O)Nc1ccc(C(=O)NCCC2CCCO2)cc1. The van der Waals surface area contributed by atoms with Gasteiger partial charge in [0.1, 0.15) is 5.25 Å². The quantitative estimate of drug-likeness (QED) is 0.670. The number of anilines is 1. The maximum Gasteiger partial charge on any atom is 0.262 e. The van der Waals surface area contributed by atoms with Gasteiger partial charge in [-0.25, -0.2) is 0 Å². The Balaban J connectivity index is 1.21. The first-order chi connectivity index (χ1) is 15.1. The zero-order valence-electron chi connectivity index (χ0n) is 17.5. The third kappa shape index (κ3) is 5.86. The van der Waals surface area contributed by atoms with E-state index in [2.05, 4.69) is 20.5 Å². The van der Waals surface area contributed by atoms with Crippen LogP contribution >= 0.6 is 11.8 Å². The highest BCUT2D eigenvalue weighted by atomic mass is 32.2. The number of hydrogen-bond acceptors (Lipinski definition) is 6. The Bertz CT molecular complexity index is 846. The first kappa shape index (κ1) is 21.8. The number of benzene rings is 1. The summed E-state index contributed by atoms with van der Waals surface area (Å²) in [6.07, 6.45) is 5.52. The number of rotatable bonds is 7. The second-order valence-electron chi connectivity index (χ2n) is 8.04. The van der Waals surface area contributed by atoms with Crippen molar-refractivity contribution in [2.24, 2.45) is 4.99 Å². The molecule has 8 nitrogen and oxygen atoms in total. The molecule has 3 heterocycles. The predicted octanol–water partition coefficient (Wildman–Crippen LogP) is 2.41. The molecule has 166 valence electrons. The number of carbonyl (C=O) groups excluding carboxylic acids is 3. The molecule has 1 aromatic rings. The normalized spacial score (nSPS) is 23.2. The minimum absolute atomic E-state index is 0.0792. The van der Waals surface area contributed by atoms with Crippen molar-refractivity contribution in [3.8, 4) is 0 Å². The monoisotopic (exact) mass is 444 g/mol. The summed E-state index contributed by atoms with van der Waals surface area (Å²) in [5, 5.41) is 5.98. The topological polar surface area (TPSA) is 100 Å². The van der Waals surface area contributed by atoms with Crippen LogP contribution in [-0.2, 0) is 14.3 Å². The van der Waals surface area contributed by atoms with Crippen molar-refractivity contribution in [1.82, 2.24) is 10.2 Å². The molecule has 3 aliphatic rings. The first-order valence-corrected chi connectivity index (χ1v) is 11.8. The highest BCUT2D eigenvalue weighted by molar-refractivity contribution is 8.15. The summed E-state index contributed by atoms with van der Waals surface area (Å²) in [6.45, 7) is 3.24. The molecule has 2 fully saturated rings. The number of thioether (sulfide) groups is 1. The van der Waals surface area contributed by atoms with E-state index in [0.29, 0.717) is 17.8 Å². The number of ether oxygens (including phenoxy) is 1. The zero-order valence-corrected chi connectivity index (χ0v) is 18.3. The third-order valence-corrected chi connectivity index (χ3v) is 6.90. The number of likely N-dealkylation sites (tertiary alicyclic amines) is 1. The predicted molar refractivity (Wildman–Crippen MR) is 120 cm³/mol. The molecule has 0 spiro atoms. The van der Waals surface area contributed by atoms with Crippen LogP contribution in [0, 0.1) is 0 Å². The summed E-state index contributed by atoms with van der Waals surface area (Å²) in [6, 6.07) is 6.76. The molecule has 0 bridgehead atoms. The van der Waals surface area contributed by atoms with Crippen molar-refractivity contribution < 1.29 is 19.1 Å². The highest BCUT2D eigenvalue weighted by Crippen LogP contribution is 2.29.